The minimum absolute atomic E-state index is 0.00803. The molecule has 2 heterocycles. The molecule has 5 atom stereocenters. The number of morpholine rings is 1. The Morgan fingerprint density at radius 1 is 0.750 bits per heavy atom. The number of ketones is 4. The first kappa shape index (κ1) is 41.2. The fourth-order valence-electron chi connectivity index (χ4n) is 7.22. The van der Waals surface area contributed by atoms with Gasteiger partial charge in [-0.05, 0) is 62.0 Å². The van der Waals surface area contributed by atoms with Gasteiger partial charge >= 0.3 is 0 Å². The van der Waals surface area contributed by atoms with Crippen molar-refractivity contribution in [1.29, 1.82) is 0 Å². The van der Waals surface area contributed by atoms with Crippen LogP contribution in [0.1, 0.15) is 84.3 Å². The van der Waals surface area contributed by atoms with Gasteiger partial charge in [-0.15, -0.1) is 0 Å². The van der Waals surface area contributed by atoms with E-state index in [0.717, 1.165) is 11.1 Å². The summed E-state index contributed by atoms with van der Waals surface area (Å²) in [5, 5.41) is 3.06. The zero-order chi connectivity index (χ0) is 37.7. The minimum atomic E-state index is -0.835. The molecule has 1 N–H and O–H groups in total. The monoisotopic (exact) mass is 716 g/mol. The van der Waals surface area contributed by atoms with Crippen LogP contribution in [0.2, 0.25) is 0 Å². The van der Waals surface area contributed by atoms with Gasteiger partial charge in [0.15, 0.2) is 11.6 Å². The Morgan fingerprint density at radius 3 is 1.90 bits per heavy atom. The van der Waals surface area contributed by atoms with Crippen molar-refractivity contribution in [3.8, 4) is 0 Å². The summed E-state index contributed by atoms with van der Waals surface area (Å²) in [5.74, 6) is -2.13. The van der Waals surface area contributed by atoms with Crippen LogP contribution in [0.15, 0.2) is 60.7 Å². The number of hydrogen-bond acceptors (Lipinski definition) is 8. The van der Waals surface area contributed by atoms with Gasteiger partial charge in [0.1, 0.15) is 17.2 Å². The first-order valence-electron chi connectivity index (χ1n) is 19.3. The van der Waals surface area contributed by atoms with Gasteiger partial charge < -0.3 is 14.8 Å². The molecule has 284 valence electrons. The number of epoxide rings is 1. The van der Waals surface area contributed by atoms with E-state index in [1.54, 1.807) is 6.92 Å². The Labute approximate surface area is 310 Å². The Bertz CT molecular complexity index is 1460. The fourth-order valence-corrected chi connectivity index (χ4v) is 7.22. The van der Waals surface area contributed by atoms with E-state index in [0.29, 0.717) is 65.0 Å². The van der Waals surface area contributed by atoms with Crippen LogP contribution in [0.4, 0.5) is 0 Å². The molecule has 0 unspecified atom stereocenters. The van der Waals surface area contributed by atoms with Crippen LogP contribution in [0.3, 0.4) is 0 Å². The predicted molar refractivity (Wildman–Crippen MR) is 202 cm³/mol. The standard InChI is InChI=1S/C43H60N2O7/c1-30(2)22-36(41(49)43(5)29-52-43)27-39(47)35(24-33-14-10-7-11-15-33)26-40(48)38(23-31(3)4)44-42(50)34(17-16-32-12-8-6-9-13-32)25-37(46)28-45-18-20-51-21-19-45/h6-15,30-31,34-36,38H,16-29H2,1-5H3,(H,44,50)/t34-,35-,36-,38+,43-/m1/s1. The zero-order valence-corrected chi connectivity index (χ0v) is 31.9. The number of aryl methyl sites for hydroxylation is 1. The third kappa shape index (κ3) is 13.5. The van der Waals surface area contributed by atoms with Crippen molar-refractivity contribution in [3.05, 3.63) is 71.8 Å². The van der Waals surface area contributed by atoms with Crippen LogP contribution >= 0.6 is 0 Å². The van der Waals surface area contributed by atoms with E-state index in [4.69, 9.17) is 9.47 Å². The SMILES string of the molecule is CC(C)C[C@H](CC(=O)[C@@H](CC(=O)[C@H](CC(C)C)NC(=O)[C@H](CCc1ccccc1)CC(=O)CN1CCOCC1)Cc1ccccc1)C(=O)[C@@]1(C)CO1. The first-order chi connectivity index (χ1) is 24.8. The number of rotatable bonds is 23. The molecule has 2 fully saturated rings. The molecular formula is C43H60N2O7. The molecule has 2 aliphatic rings. The number of Topliss-reactive ketones (excluding diaryl/α,β-unsaturated/α-hetero) is 4. The van der Waals surface area contributed by atoms with Crippen molar-refractivity contribution in [1.82, 2.24) is 10.2 Å². The summed E-state index contributed by atoms with van der Waals surface area (Å²) in [5.41, 5.74) is 1.18. The summed E-state index contributed by atoms with van der Waals surface area (Å²) in [6, 6.07) is 18.7. The van der Waals surface area contributed by atoms with Crippen molar-refractivity contribution >= 4 is 29.0 Å². The van der Waals surface area contributed by atoms with Crippen molar-refractivity contribution < 1.29 is 33.4 Å². The van der Waals surface area contributed by atoms with Crippen molar-refractivity contribution in [2.75, 3.05) is 39.5 Å². The summed E-state index contributed by atoms with van der Waals surface area (Å²) in [6.07, 6.45) is 2.52. The lowest BCUT2D eigenvalue weighted by atomic mass is 9.79. The molecule has 0 aliphatic carbocycles. The van der Waals surface area contributed by atoms with E-state index in [1.165, 1.54) is 0 Å². The molecule has 0 spiro atoms. The highest BCUT2D eigenvalue weighted by molar-refractivity contribution is 5.97. The second kappa shape index (κ2) is 20.1. The van der Waals surface area contributed by atoms with Gasteiger partial charge in [-0.3, -0.25) is 28.9 Å². The molecule has 1 amide bonds. The van der Waals surface area contributed by atoms with Crippen LogP contribution in [0.5, 0.6) is 0 Å². The third-order valence-electron chi connectivity index (χ3n) is 10.3. The maximum atomic E-state index is 14.2. The third-order valence-corrected chi connectivity index (χ3v) is 10.3. The first-order valence-corrected chi connectivity index (χ1v) is 19.3. The molecule has 0 aromatic heterocycles. The van der Waals surface area contributed by atoms with Crippen molar-refractivity contribution in [3.63, 3.8) is 0 Å². The maximum absolute atomic E-state index is 14.2. The highest BCUT2D eigenvalue weighted by Gasteiger charge is 2.50. The lowest BCUT2D eigenvalue weighted by molar-refractivity contribution is -0.135. The van der Waals surface area contributed by atoms with E-state index in [9.17, 15) is 24.0 Å². The van der Waals surface area contributed by atoms with Gasteiger partial charge in [-0.2, -0.15) is 0 Å². The predicted octanol–water partition coefficient (Wildman–Crippen LogP) is 5.86. The molecule has 52 heavy (non-hydrogen) atoms. The van der Waals surface area contributed by atoms with Crippen LogP contribution < -0.4 is 5.32 Å². The number of ether oxygens (including phenoxy) is 2. The smallest absolute Gasteiger partial charge is 0.224 e. The van der Waals surface area contributed by atoms with Gasteiger partial charge in [0.25, 0.3) is 0 Å². The number of carbonyl (C=O) groups excluding carboxylic acids is 5. The van der Waals surface area contributed by atoms with Gasteiger partial charge in [-0.1, -0.05) is 88.4 Å². The minimum Gasteiger partial charge on any atom is -0.379 e. The molecule has 2 aromatic rings. The molecule has 2 saturated heterocycles. The average Bonchev–Trinajstić information content (AvgIpc) is 3.87. The van der Waals surface area contributed by atoms with E-state index in [-0.39, 0.29) is 66.7 Å². The fraction of sp³-hybridized carbons (Fsp3) is 0.605. The lowest BCUT2D eigenvalue weighted by Gasteiger charge is -2.27. The van der Waals surface area contributed by atoms with E-state index in [1.807, 2.05) is 88.4 Å². The molecule has 0 radical (unpaired) electrons. The second-order valence-corrected chi connectivity index (χ2v) is 16.0. The highest BCUT2D eigenvalue weighted by Crippen LogP contribution is 2.34. The van der Waals surface area contributed by atoms with E-state index in [2.05, 4.69) is 10.2 Å². The Morgan fingerprint density at radius 2 is 1.33 bits per heavy atom. The topological polar surface area (TPSA) is 122 Å². The second-order valence-electron chi connectivity index (χ2n) is 16.0. The zero-order valence-electron chi connectivity index (χ0n) is 31.9. The van der Waals surface area contributed by atoms with E-state index >= 15 is 0 Å². The van der Waals surface area contributed by atoms with Gasteiger partial charge in [0.05, 0.1) is 32.4 Å². The average molecular weight is 717 g/mol. The number of nitrogens with zero attached hydrogens (tertiary/aromatic N) is 1. The molecule has 0 bridgehead atoms. The largest absolute Gasteiger partial charge is 0.379 e. The Hall–Kier alpha value is -3.53. The Balaban J connectivity index is 1.51. The number of hydrogen-bond donors (Lipinski definition) is 1. The quantitative estimate of drug-likeness (QED) is 0.142. The lowest BCUT2D eigenvalue weighted by Crippen LogP contribution is -2.46. The maximum Gasteiger partial charge on any atom is 0.224 e. The summed E-state index contributed by atoms with van der Waals surface area (Å²) in [6.45, 7) is 13.0. The van der Waals surface area contributed by atoms with Gasteiger partial charge in [0, 0.05) is 50.1 Å². The summed E-state index contributed by atoms with van der Waals surface area (Å²) < 4.78 is 10.9. The number of amides is 1. The molecule has 9 heteroatoms. The van der Waals surface area contributed by atoms with E-state index < -0.39 is 29.4 Å². The summed E-state index contributed by atoms with van der Waals surface area (Å²) in [7, 11) is 0. The molecule has 2 aliphatic heterocycles. The van der Waals surface area contributed by atoms with Crippen molar-refractivity contribution in [2.45, 2.75) is 97.6 Å². The number of nitrogens with one attached hydrogen (secondary N) is 1. The van der Waals surface area contributed by atoms with Crippen LogP contribution in [-0.4, -0.2) is 85.0 Å². The molecule has 0 saturated carbocycles. The molecule has 4 rings (SSSR count). The number of carbonyl (C=O) groups is 5. The van der Waals surface area contributed by atoms with Crippen LogP contribution in [-0.2, 0) is 46.3 Å². The van der Waals surface area contributed by atoms with Gasteiger partial charge in [0.2, 0.25) is 5.91 Å². The molecule has 9 nitrogen and oxygen atoms in total. The van der Waals surface area contributed by atoms with Gasteiger partial charge in [-0.25, -0.2) is 0 Å². The van der Waals surface area contributed by atoms with Crippen LogP contribution in [0.25, 0.3) is 0 Å². The highest BCUT2D eigenvalue weighted by atomic mass is 16.6. The molecular weight excluding hydrogens is 656 g/mol. The summed E-state index contributed by atoms with van der Waals surface area (Å²) in [4.78, 5) is 71.2. The normalized spacial score (nSPS) is 19.8. The van der Waals surface area contributed by atoms with Crippen LogP contribution in [0, 0.1) is 29.6 Å². The Kier molecular flexibility index (Phi) is 15.9. The van der Waals surface area contributed by atoms with Crippen molar-refractivity contribution in [2.24, 2.45) is 29.6 Å². The summed E-state index contributed by atoms with van der Waals surface area (Å²) >= 11 is 0. The molecule has 2 aromatic carbocycles. The number of benzene rings is 2.